The lowest BCUT2D eigenvalue weighted by molar-refractivity contribution is -0.137. The number of rotatable bonds is 7. The SMILES string of the molecule is COc1ccc(C(=O)N[C@@H](CC(=O)O)c2ccccc2Cl)nc1-c1cccc(F)c1. The number of carbonyl (C=O) groups excluding carboxylic acids is 1. The second-order valence-corrected chi connectivity index (χ2v) is 6.81. The fourth-order valence-corrected chi connectivity index (χ4v) is 3.25. The Morgan fingerprint density at radius 3 is 2.60 bits per heavy atom. The number of carboxylic acid groups (broad SMARTS) is 1. The maximum atomic E-state index is 13.7. The molecule has 1 amide bonds. The van der Waals surface area contributed by atoms with Crippen LogP contribution in [0.25, 0.3) is 11.3 Å². The first-order chi connectivity index (χ1) is 14.4. The normalized spacial score (nSPS) is 11.6. The van der Waals surface area contributed by atoms with Crippen molar-refractivity contribution in [3.05, 3.63) is 82.8 Å². The standard InChI is InChI=1S/C22H18ClFN2O4/c1-30-19-10-9-17(25-21(19)13-5-4-6-14(24)11-13)22(29)26-18(12-20(27)28)15-7-2-3-8-16(15)23/h2-11,18H,12H2,1H3,(H,26,29)(H,27,28)/t18-/m0/s1. The first-order valence-corrected chi connectivity index (χ1v) is 9.35. The maximum Gasteiger partial charge on any atom is 0.305 e. The summed E-state index contributed by atoms with van der Waals surface area (Å²) in [5.41, 5.74) is 1.23. The number of aromatic nitrogens is 1. The van der Waals surface area contributed by atoms with Crippen molar-refractivity contribution in [2.75, 3.05) is 7.11 Å². The second-order valence-electron chi connectivity index (χ2n) is 6.40. The van der Waals surface area contributed by atoms with Crippen LogP contribution in [0, 0.1) is 5.82 Å². The number of aliphatic carboxylic acids is 1. The molecule has 0 aliphatic rings. The lowest BCUT2D eigenvalue weighted by atomic mass is 10.0. The van der Waals surface area contributed by atoms with E-state index in [4.69, 9.17) is 16.3 Å². The van der Waals surface area contributed by atoms with Crippen molar-refractivity contribution in [2.24, 2.45) is 0 Å². The molecule has 0 bridgehead atoms. The Balaban J connectivity index is 1.94. The summed E-state index contributed by atoms with van der Waals surface area (Å²) in [6.07, 6.45) is -0.359. The summed E-state index contributed by atoms with van der Waals surface area (Å²) >= 11 is 6.18. The van der Waals surface area contributed by atoms with Gasteiger partial charge >= 0.3 is 5.97 Å². The molecule has 1 aromatic heterocycles. The van der Waals surface area contributed by atoms with Gasteiger partial charge in [-0.25, -0.2) is 9.37 Å². The third-order valence-electron chi connectivity index (χ3n) is 4.37. The summed E-state index contributed by atoms with van der Waals surface area (Å²) in [6, 6.07) is 14.6. The van der Waals surface area contributed by atoms with E-state index in [9.17, 15) is 19.1 Å². The number of carboxylic acids is 1. The van der Waals surface area contributed by atoms with E-state index in [-0.39, 0.29) is 17.8 Å². The van der Waals surface area contributed by atoms with Gasteiger partial charge in [-0.1, -0.05) is 41.9 Å². The van der Waals surface area contributed by atoms with Crippen molar-refractivity contribution in [1.82, 2.24) is 10.3 Å². The van der Waals surface area contributed by atoms with Crippen molar-refractivity contribution in [3.8, 4) is 17.0 Å². The number of methoxy groups -OCH3 is 1. The Hall–Kier alpha value is -3.45. The zero-order valence-electron chi connectivity index (χ0n) is 15.9. The number of carbonyl (C=O) groups is 2. The van der Waals surface area contributed by atoms with Gasteiger partial charge in [0, 0.05) is 10.6 Å². The highest BCUT2D eigenvalue weighted by atomic mass is 35.5. The summed E-state index contributed by atoms with van der Waals surface area (Å²) in [6.45, 7) is 0. The van der Waals surface area contributed by atoms with E-state index in [1.807, 2.05) is 0 Å². The van der Waals surface area contributed by atoms with Crippen LogP contribution in [0.5, 0.6) is 5.75 Å². The Morgan fingerprint density at radius 1 is 1.17 bits per heavy atom. The first kappa shape index (κ1) is 21.3. The van der Waals surface area contributed by atoms with E-state index in [2.05, 4.69) is 10.3 Å². The van der Waals surface area contributed by atoms with Gasteiger partial charge in [0.05, 0.1) is 19.6 Å². The number of ether oxygens (including phenoxy) is 1. The van der Waals surface area contributed by atoms with Crippen LogP contribution in [0.2, 0.25) is 5.02 Å². The van der Waals surface area contributed by atoms with E-state index < -0.39 is 23.7 Å². The van der Waals surface area contributed by atoms with E-state index >= 15 is 0 Å². The molecule has 0 aliphatic heterocycles. The molecule has 3 rings (SSSR count). The molecule has 154 valence electrons. The molecule has 2 N–H and O–H groups in total. The van der Waals surface area contributed by atoms with Gasteiger partial charge in [0.1, 0.15) is 23.0 Å². The minimum absolute atomic E-state index is 0.0255. The number of nitrogens with one attached hydrogen (secondary N) is 1. The Labute approximate surface area is 177 Å². The van der Waals surface area contributed by atoms with Crippen LogP contribution < -0.4 is 10.1 Å². The Bertz CT molecular complexity index is 1090. The predicted octanol–water partition coefficient (Wildman–Crippen LogP) is 4.50. The van der Waals surface area contributed by atoms with Crippen LogP contribution in [-0.4, -0.2) is 29.1 Å². The number of nitrogens with zero attached hydrogens (tertiary/aromatic N) is 1. The topological polar surface area (TPSA) is 88.5 Å². The van der Waals surface area contributed by atoms with Crippen LogP contribution in [0.4, 0.5) is 4.39 Å². The molecule has 0 aliphatic carbocycles. The number of pyridine rings is 1. The average Bonchev–Trinajstić information content (AvgIpc) is 2.72. The summed E-state index contributed by atoms with van der Waals surface area (Å²) < 4.78 is 18.9. The predicted molar refractivity (Wildman–Crippen MR) is 110 cm³/mol. The fraction of sp³-hybridized carbons (Fsp3) is 0.136. The van der Waals surface area contributed by atoms with E-state index in [1.165, 1.54) is 31.4 Å². The molecule has 0 saturated heterocycles. The molecule has 0 saturated carbocycles. The lowest BCUT2D eigenvalue weighted by Crippen LogP contribution is -2.31. The summed E-state index contributed by atoms with van der Waals surface area (Å²) in [7, 11) is 1.44. The number of hydrogen-bond donors (Lipinski definition) is 2. The van der Waals surface area contributed by atoms with Crippen molar-refractivity contribution in [3.63, 3.8) is 0 Å². The highest BCUT2D eigenvalue weighted by Gasteiger charge is 2.22. The van der Waals surface area contributed by atoms with Crippen molar-refractivity contribution >= 4 is 23.5 Å². The number of benzene rings is 2. The van der Waals surface area contributed by atoms with Crippen molar-refractivity contribution < 1.29 is 23.8 Å². The van der Waals surface area contributed by atoms with Crippen LogP contribution in [0.15, 0.2) is 60.7 Å². The minimum atomic E-state index is -1.09. The van der Waals surface area contributed by atoms with Gasteiger partial charge in [0.2, 0.25) is 0 Å². The number of halogens is 2. The van der Waals surface area contributed by atoms with E-state index in [1.54, 1.807) is 36.4 Å². The van der Waals surface area contributed by atoms with Gasteiger partial charge in [0.15, 0.2) is 0 Å². The van der Waals surface area contributed by atoms with Gasteiger partial charge in [0.25, 0.3) is 5.91 Å². The van der Waals surface area contributed by atoms with Gasteiger partial charge in [-0.2, -0.15) is 0 Å². The number of hydrogen-bond acceptors (Lipinski definition) is 4. The van der Waals surface area contributed by atoms with Crippen LogP contribution in [0.1, 0.15) is 28.5 Å². The molecule has 3 aromatic rings. The van der Waals surface area contributed by atoms with Crippen molar-refractivity contribution in [1.29, 1.82) is 0 Å². The van der Waals surface area contributed by atoms with Gasteiger partial charge in [-0.3, -0.25) is 9.59 Å². The van der Waals surface area contributed by atoms with E-state index in [0.717, 1.165) is 0 Å². The lowest BCUT2D eigenvalue weighted by Gasteiger charge is -2.19. The zero-order chi connectivity index (χ0) is 21.7. The molecule has 30 heavy (non-hydrogen) atoms. The Kier molecular flexibility index (Phi) is 6.64. The number of amides is 1. The van der Waals surface area contributed by atoms with Crippen LogP contribution in [-0.2, 0) is 4.79 Å². The molecule has 1 heterocycles. The molecule has 0 fully saturated rings. The second kappa shape index (κ2) is 9.37. The van der Waals surface area contributed by atoms with Crippen molar-refractivity contribution in [2.45, 2.75) is 12.5 Å². The molecule has 1 atom stereocenters. The van der Waals surface area contributed by atoms with Crippen LogP contribution in [0.3, 0.4) is 0 Å². The molecule has 8 heteroatoms. The molecular formula is C22H18ClFN2O4. The van der Waals surface area contributed by atoms with Gasteiger partial charge < -0.3 is 15.2 Å². The fourth-order valence-electron chi connectivity index (χ4n) is 2.98. The minimum Gasteiger partial charge on any atom is -0.494 e. The maximum absolute atomic E-state index is 13.7. The molecular weight excluding hydrogens is 411 g/mol. The quantitative estimate of drug-likeness (QED) is 0.578. The zero-order valence-corrected chi connectivity index (χ0v) is 16.7. The van der Waals surface area contributed by atoms with Crippen LogP contribution >= 0.6 is 11.6 Å². The molecule has 0 radical (unpaired) electrons. The third-order valence-corrected chi connectivity index (χ3v) is 4.72. The third kappa shape index (κ3) is 4.93. The molecule has 2 aromatic carbocycles. The smallest absolute Gasteiger partial charge is 0.305 e. The Morgan fingerprint density at radius 2 is 1.93 bits per heavy atom. The van der Waals surface area contributed by atoms with Gasteiger partial charge in [-0.15, -0.1) is 0 Å². The monoisotopic (exact) mass is 428 g/mol. The average molecular weight is 429 g/mol. The largest absolute Gasteiger partial charge is 0.494 e. The summed E-state index contributed by atoms with van der Waals surface area (Å²) in [4.78, 5) is 28.5. The molecule has 6 nitrogen and oxygen atoms in total. The van der Waals surface area contributed by atoms with Gasteiger partial charge in [-0.05, 0) is 35.9 Å². The highest BCUT2D eigenvalue weighted by molar-refractivity contribution is 6.31. The van der Waals surface area contributed by atoms with E-state index in [0.29, 0.717) is 21.9 Å². The highest BCUT2D eigenvalue weighted by Crippen LogP contribution is 2.29. The first-order valence-electron chi connectivity index (χ1n) is 8.97. The summed E-state index contributed by atoms with van der Waals surface area (Å²) in [5, 5.41) is 12.3. The summed E-state index contributed by atoms with van der Waals surface area (Å²) in [5.74, 6) is -1.78. The molecule has 0 unspecified atom stereocenters. The molecule has 0 spiro atoms.